The van der Waals surface area contributed by atoms with E-state index in [0.717, 1.165) is 5.75 Å². The van der Waals surface area contributed by atoms with Crippen molar-refractivity contribution in [3.63, 3.8) is 0 Å². The largest absolute Gasteiger partial charge is 0.713 e. The Morgan fingerprint density at radius 3 is 1.79 bits per heavy atom. The lowest BCUT2D eigenvalue weighted by Gasteiger charge is -2.17. The summed E-state index contributed by atoms with van der Waals surface area (Å²) in [4.78, 5) is 0. The van der Waals surface area contributed by atoms with Crippen LogP contribution in [0.3, 0.4) is 0 Å². The second kappa shape index (κ2) is 8.23. The molecule has 106 valence electrons. The van der Waals surface area contributed by atoms with E-state index in [-0.39, 0.29) is 0 Å². The molecule has 0 heterocycles. The van der Waals surface area contributed by atoms with Gasteiger partial charge in [0, 0.05) is 13.2 Å². The first kappa shape index (κ1) is 16.1. The first-order valence-electron chi connectivity index (χ1n) is 6.94. The third-order valence-electron chi connectivity index (χ3n) is 2.38. The SMILES string of the molecule is Cc1ccc(OB(OCC(C)C)OCC(C)C)cc1. The zero-order chi connectivity index (χ0) is 14.3. The molecule has 0 atom stereocenters. The maximum atomic E-state index is 5.73. The van der Waals surface area contributed by atoms with Crippen LogP contribution >= 0.6 is 0 Å². The van der Waals surface area contributed by atoms with Gasteiger partial charge < -0.3 is 14.0 Å². The van der Waals surface area contributed by atoms with Crippen molar-refractivity contribution in [3.8, 4) is 5.75 Å². The summed E-state index contributed by atoms with van der Waals surface area (Å²) in [7, 11) is -0.632. The molecule has 1 aromatic rings. The molecule has 0 N–H and O–H groups in total. The highest BCUT2D eigenvalue weighted by atomic mass is 16.7. The van der Waals surface area contributed by atoms with Gasteiger partial charge in [-0.3, -0.25) is 0 Å². The summed E-state index contributed by atoms with van der Waals surface area (Å²) < 4.78 is 17.0. The zero-order valence-corrected chi connectivity index (χ0v) is 12.7. The summed E-state index contributed by atoms with van der Waals surface area (Å²) in [6.45, 7) is 11.7. The predicted molar refractivity (Wildman–Crippen MR) is 79.1 cm³/mol. The second-order valence-corrected chi connectivity index (χ2v) is 5.67. The van der Waals surface area contributed by atoms with Crippen LogP contribution in [0.4, 0.5) is 0 Å². The maximum Gasteiger partial charge on any atom is 0.713 e. The van der Waals surface area contributed by atoms with Gasteiger partial charge in [0.25, 0.3) is 0 Å². The normalized spacial score (nSPS) is 11.1. The first-order valence-corrected chi connectivity index (χ1v) is 6.94. The van der Waals surface area contributed by atoms with E-state index in [1.165, 1.54) is 5.56 Å². The fourth-order valence-electron chi connectivity index (χ4n) is 1.39. The third kappa shape index (κ3) is 7.23. The molecule has 0 fully saturated rings. The molecule has 0 aromatic heterocycles. The highest BCUT2D eigenvalue weighted by Gasteiger charge is 2.24. The number of hydrogen-bond donors (Lipinski definition) is 0. The molecule has 4 heteroatoms. The lowest BCUT2D eigenvalue weighted by molar-refractivity contribution is 0.115. The minimum Gasteiger partial charge on any atom is -0.512 e. The van der Waals surface area contributed by atoms with Crippen LogP contribution in [0.5, 0.6) is 5.75 Å². The van der Waals surface area contributed by atoms with Crippen LogP contribution in [-0.2, 0) is 9.31 Å². The van der Waals surface area contributed by atoms with Crippen LogP contribution in [0.1, 0.15) is 33.3 Å². The minimum atomic E-state index is -0.632. The van der Waals surface area contributed by atoms with Gasteiger partial charge in [0.05, 0.1) is 0 Å². The summed E-state index contributed by atoms with van der Waals surface area (Å²) in [5.74, 6) is 1.67. The molecule has 3 nitrogen and oxygen atoms in total. The Labute approximate surface area is 117 Å². The van der Waals surface area contributed by atoms with Crippen LogP contribution in [0.15, 0.2) is 24.3 Å². The first-order chi connectivity index (χ1) is 8.97. The van der Waals surface area contributed by atoms with E-state index in [2.05, 4.69) is 27.7 Å². The Hall–Kier alpha value is -0.995. The van der Waals surface area contributed by atoms with E-state index >= 15 is 0 Å². The number of benzene rings is 1. The van der Waals surface area contributed by atoms with Crippen LogP contribution in [0.25, 0.3) is 0 Å². The number of rotatable bonds is 8. The third-order valence-corrected chi connectivity index (χ3v) is 2.38. The van der Waals surface area contributed by atoms with Crippen molar-refractivity contribution in [3.05, 3.63) is 29.8 Å². The lowest BCUT2D eigenvalue weighted by atomic mass is 10.1. The monoisotopic (exact) mass is 264 g/mol. The van der Waals surface area contributed by atoms with Gasteiger partial charge in [-0.2, -0.15) is 0 Å². The summed E-state index contributed by atoms with van der Waals surface area (Å²) in [5, 5.41) is 0. The van der Waals surface area contributed by atoms with E-state index in [1.807, 2.05) is 31.2 Å². The summed E-state index contributed by atoms with van der Waals surface area (Å²) >= 11 is 0. The van der Waals surface area contributed by atoms with Gasteiger partial charge in [-0.25, -0.2) is 0 Å². The van der Waals surface area contributed by atoms with Crippen molar-refractivity contribution in [2.45, 2.75) is 34.6 Å². The Morgan fingerprint density at radius 2 is 1.37 bits per heavy atom. The van der Waals surface area contributed by atoms with E-state index < -0.39 is 7.32 Å². The molecule has 0 radical (unpaired) electrons. The van der Waals surface area contributed by atoms with Crippen molar-refractivity contribution in [1.29, 1.82) is 0 Å². The van der Waals surface area contributed by atoms with Crippen molar-refractivity contribution in [2.24, 2.45) is 11.8 Å². The summed E-state index contributed by atoms with van der Waals surface area (Å²) in [5.41, 5.74) is 1.20. The molecular weight excluding hydrogens is 239 g/mol. The van der Waals surface area contributed by atoms with E-state index in [4.69, 9.17) is 14.0 Å². The van der Waals surface area contributed by atoms with Gasteiger partial charge in [-0.15, -0.1) is 0 Å². The van der Waals surface area contributed by atoms with Crippen LogP contribution in [0.2, 0.25) is 0 Å². The van der Waals surface area contributed by atoms with Crippen molar-refractivity contribution in [1.82, 2.24) is 0 Å². The van der Waals surface area contributed by atoms with Crippen LogP contribution in [-0.4, -0.2) is 20.5 Å². The standard InChI is InChI=1S/C15H25BO3/c1-12(2)10-17-16(18-11-13(3)4)19-15-8-6-14(5)7-9-15/h6-9,12-13H,10-11H2,1-5H3. The molecule has 0 spiro atoms. The predicted octanol–water partition coefficient (Wildman–Crippen LogP) is 3.70. The average Bonchev–Trinajstić information content (AvgIpc) is 2.35. The quantitative estimate of drug-likeness (QED) is 0.670. The molecule has 0 aliphatic rings. The second-order valence-electron chi connectivity index (χ2n) is 5.67. The van der Waals surface area contributed by atoms with Gasteiger partial charge in [-0.05, 0) is 30.9 Å². The minimum absolute atomic E-state index is 0.451. The molecule has 0 bridgehead atoms. The van der Waals surface area contributed by atoms with Gasteiger partial charge in [0.15, 0.2) is 0 Å². The molecule has 1 aromatic carbocycles. The van der Waals surface area contributed by atoms with E-state index in [9.17, 15) is 0 Å². The number of aryl methyl sites for hydroxylation is 1. The molecule has 19 heavy (non-hydrogen) atoms. The van der Waals surface area contributed by atoms with Crippen molar-refractivity contribution in [2.75, 3.05) is 13.2 Å². The Morgan fingerprint density at radius 1 is 0.895 bits per heavy atom. The highest BCUT2D eigenvalue weighted by molar-refractivity contribution is 6.37. The number of hydrogen-bond acceptors (Lipinski definition) is 3. The van der Waals surface area contributed by atoms with E-state index in [1.54, 1.807) is 0 Å². The van der Waals surface area contributed by atoms with Crippen LogP contribution in [0, 0.1) is 18.8 Å². The molecule has 0 saturated carbocycles. The smallest absolute Gasteiger partial charge is 0.512 e. The van der Waals surface area contributed by atoms with Gasteiger partial charge in [-0.1, -0.05) is 45.4 Å². The summed E-state index contributed by atoms with van der Waals surface area (Å²) in [6, 6.07) is 7.88. The van der Waals surface area contributed by atoms with Crippen LogP contribution < -0.4 is 4.65 Å². The van der Waals surface area contributed by atoms with Crippen molar-refractivity contribution >= 4 is 7.32 Å². The Bertz CT molecular complexity index is 337. The average molecular weight is 264 g/mol. The molecule has 0 aliphatic carbocycles. The van der Waals surface area contributed by atoms with Gasteiger partial charge in [0.1, 0.15) is 5.75 Å². The fraction of sp³-hybridized carbons (Fsp3) is 0.600. The van der Waals surface area contributed by atoms with Gasteiger partial charge >= 0.3 is 7.32 Å². The molecule has 0 saturated heterocycles. The van der Waals surface area contributed by atoms with Crippen molar-refractivity contribution < 1.29 is 14.0 Å². The maximum absolute atomic E-state index is 5.73. The van der Waals surface area contributed by atoms with Gasteiger partial charge in [0.2, 0.25) is 0 Å². The fourth-order valence-corrected chi connectivity index (χ4v) is 1.39. The molecule has 0 unspecified atom stereocenters. The molecule has 0 aliphatic heterocycles. The zero-order valence-electron chi connectivity index (χ0n) is 12.7. The molecular formula is C15H25BO3. The Kier molecular flexibility index (Phi) is 6.96. The topological polar surface area (TPSA) is 27.7 Å². The molecule has 0 amide bonds. The van der Waals surface area contributed by atoms with E-state index in [0.29, 0.717) is 25.0 Å². The lowest BCUT2D eigenvalue weighted by Crippen LogP contribution is -2.33. The summed E-state index contributed by atoms with van der Waals surface area (Å²) in [6.07, 6.45) is 0. The molecule has 1 rings (SSSR count). The Balaban J connectivity index is 2.53. The highest BCUT2D eigenvalue weighted by Crippen LogP contribution is 2.14.